The second-order valence-electron chi connectivity index (χ2n) is 22.5. The van der Waals surface area contributed by atoms with Crippen molar-refractivity contribution in [1.29, 1.82) is 0 Å². The molecule has 5 heteroatoms. The van der Waals surface area contributed by atoms with Gasteiger partial charge >= 0.3 is 11.9 Å². The Labute approximate surface area is 473 Å². The number of ether oxygens (including phenoxy) is 2. The molecule has 0 aromatic heterocycles. The molecule has 0 aromatic rings. The number of hydrogen-bond acceptors (Lipinski definition) is 5. The molecule has 0 heterocycles. The third-order valence-electron chi connectivity index (χ3n) is 15.0. The highest BCUT2D eigenvalue weighted by atomic mass is 16.6. The van der Waals surface area contributed by atoms with Crippen LogP contribution in [0.4, 0.5) is 0 Å². The van der Waals surface area contributed by atoms with Crippen molar-refractivity contribution >= 4 is 11.9 Å². The van der Waals surface area contributed by atoms with Crippen LogP contribution in [0.2, 0.25) is 0 Å². The molecule has 0 bridgehead atoms. The van der Waals surface area contributed by atoms with Gasteiger partial charge in [-0.3, -0.25) is 9.59 Å². The number of allylic oxidation sites excluding steroid dienone is 12. The summed E-state index contributed by atoms with van der Waals surface area (Å²) in [7, 11) is 0. The van der Waals surface area contributed by atoms with Crippen molar-refractivity contribution < 1.29 is 24.2 Å². The smallest absolute Gasteiger partial charge is 0.306 e. The third-order valence-corrected chi connectivity index (χ3v) is 15.0. The zero-order valence-corrected chi connectivity index (χ0v) is 50.8. The van der Waals surface area contributed by atoms with Crippen molar-refractivity contribution in [3.05, 3.63) is 72.9 Å². The van der Waals surface area contributed by atoms with E-state index < -0.39 is 6.10 Å². The molecule has 442 valence electrons. The van der Waals surface area contributed by atoms with Crippen LogP contribution in [0.5, 0.6) is 0 Å². The molecule has 1 unspecified atom stereocenters. The lowest BCUT2D eigenvalue weighted by Crippen LogP contribution is -2.28. The van der Waals surface area contributed by atoms with E-state index in [1.54, 1.807) is 0 Å². The van der Waals surface area contributed by atoms with Gasteiger partial charge in [0.15, 0.2) is 6.10 Å². The van der Waals surface area contributed by atoms with E-state index in [9.17, 15) is 14.7 Å². The molecule has 0 aliphatic carbocycles. The molecule has 0 saturated carbocycles. The molecule has 5 nitrogen and oxygen atoms in total. The Balaban J connectivity index is 3.42. The van der Waals surface area contributed by atoms with E-state index in [1.807, 2.05) is 0 Å². The van der Waals surface area contributed by atoms with E-state index in [-0.39, 0.29) is 25.2 Å². The van der Waals surface area contributed by atoms with Crippen molar-refractivity contribution in [2.75, 3.05) is 13.2 Å². The monoisotopic (exact) mass is 1060 g/mol. The highest BCUT2D eigenvalue weighted by Gasteiger charge is 2.16. The summed E-state index contributed by atoms with van der Waals surface area (Å²) in [5, 5.41) is 9.70. The molecule has 0 amide bonds. The van der Waals surface area contributed by atoms with Gasteiger partial charge in [-0.15, -0.1) is 0 Å². The van der Waals surface area contributed by atoms with Crippen LogP contribution in [0.25, 0.3) is 0 Å². The summed E-state index contributed by atoms with van der Waals surface area (Å²) in [6, 6.07) is 0. The average molecular weight is 1060 g/mol. The highest BCUT2D eigenvalue weighted by molar-refractivity contribution is 5.70. The van der Waals surface area contributed by atoms with Crippen LogP contribution in [0.1, 0.15) is 348 Å². The zero-order valence-electron chi connectivity index (χ0n) is 50.8. The molecule has 0 spiro atoms. The summed E-state index contributed by atoms with van der Waals surface area (Å²) >= 11 is 0. The first-order valence-electron chi connectivity index (χ1n) is 33.5. The quantitative estimate of drug-likeness (QED) is 0.0373. The van der Waals surface area contributed by atoms with Crippen molar-refractivity contribution in [1.82, 2.24) is 0 Å². The largest absolute Gasteiger partial charge is 0.462 e. The molecule has 0 saturated heterocycles. The normalized spacial score (nSPS) is 12.6. The summed E-state index contributed by atoms with van der Waals surface area (Å²) < 4.78 is 10.8. The van der Waals surface area contributed by atoms with Gasteiger partial charge in [0.1, 0.15) is 6.61 Å². The Morgan fingerprint density at radius 1 is 0.316 bits per heavy atom. The molecule has 1 atom stereocenters. The van der Waals surface area contributed by atoms with Gasteiger partial charge in [0.05, 0.1) is 6.61 Å². The lowest BCUT2D eigenvalue weighted by molar-refractivity contribution is -0.161. The summed E-state index contributed by atoms with van der Waals surface area (Å²) in [4.78, 5) is 24.6. The van der Waals surface area contributed by atoms with E-state index in [1.165, 1.54) is 250 Å². The molecule has 0 aliphatic heterocycles. The van der Waals surface area contributed by atoms with E-state index in [2.05, 4.69) is 86.8 Å². The maximum atomic E-state index is 12.4. The van der Waals surface area contributed by atoms with Gasteiger partial charge in [0.25, 0.3) is 0 Å². The lowest BCUT2D eigenvalue weighted by atomic mass is 10.0. The van der Waals surface area contributed by atoms with Crippen LogP contribution in [-0.2, 0) is 19.1 Å². The maximum absolute atomic E-state index is 12.4. The second-order valence-corrected chi connectivity index (χ2v) is 22.5. The zero-order chi connectivity index (χ0) is 54.8. The number of aliphatic hydroxyl groups is 1. The molecular formula is C71H128O5. The van der Waals surface area contributed by atoms with E-state index in [0.717, 1.165) is 70.6 Å². The van der Waals surface area contributed by atoms with Gasteiger partial charge in [-0.1, -0.05) is 324 Å². The summed E-state index contributed by atoms with van der Waals surface area (Å²) in [5.41, 5.74) is 0. The van der Waals surface area contributed by atoms with E-state index in [4.69, 9.17) is 9.47 Å². The fraction of sp³-hybridized carbons (Fsp3) is 0.803. The molecule has 0 rings (SSSR count). The Bertz CT molecular complexity index is 1340. The molecule has 0 radical (unpaired) electrons. The van der Waals surface area contributed by atoms with E-state index >= 15 is 0 Å². The number of aliphatic hydroxyl groups excluding tert-OH is 1. The van der Waals surface area contributed by atoms with Crippen LogP contribution in [0, 0.1) is 0 Å². The minimum atomic E-state index is -0.773. The first kappa shape index (κ1) is 73.3. The standard InChI is InChI=1S/C71H128O5/c1-3-5-7-9-11-13-15-17-19-21-23-25-27-29-31-33-35-37-39-41-43-45-47-49-51-53-55-57-59-61-63-65-70(73)75-68-69(67-72)76-71(74)66-64-62-60-58-56-54-52-50-48-46-44-42-40-38-36-34-32-30-28-26-24-22-20-18-16-14-12-10-8-6-4-2/h6,8,12,14-15,17-18,20-21,23-24,26,69,72H,3-5,7,9-11,13,16,19,22,25,27-68H2,1-2H3/b8-6-,14-12-,17-15-,20-18-,23-21-,26-24-. The first-order valence-corrected chi connectivity index (χ1v) is 33.5. The fourth-order valence-corrected chi connectivity index (χ4v) is 9.99. The van der Waals surface area contributed by atoms with Crippen molar-refractivity contribution in [2.45, 2.75) is 354 Å². The van der Waals surface area contributed by atoms with Crippen molar-refractivity contribution in [3.8, 4) is 0 Å². The third kappa shape index (κ3) is 63.9. The average Bonchev–Trinajstić information content (AvgIpc) is 3.42. The Morgan fingerprint density at radius 3 is 0.855 bits per heavy atom. The highest BCUT2D eigenvalue weighted by Crippen LogP contribution is 2.18. The molecular weight excluding hydrogens is 933 g/mol. The number of hydrogen-bond donors (Lipinski definition) is 1. The van der Waals surface area contributed by atoms with Crippen LogP contribution < -0.4 is 0 Å². The predicted molar refractivity (Wildman–Crippen MR) is 334 cm³/mol. The van der Waals surface area contributed by atoms with Gasteiger partial charge in [-0.2, -0.15) is 0 Å². The van der Waals surface area contributed by atoms with Crippen LogP contribution in [-0.4, -0.2) is 36.4 Å². The van der Waals surface area contributed by atoms with Crippen LogP contribution in [0.15, 0.2) is 72.9 Å². The van der Waals surface area contributed by atoms with Gasteiger partial charge < -0.3 is 14.6 Å². The van der Waals surface area contributed by atoms with Gasteiger partial charge in [0.2, 0.25) is 0 Å². The number of unbranched alkanes of at least 4 members (excludes halogenated alkanes) is 42. The number of carbonyl (C=O) groups is 2. The fourth-order valence-electron chi connectivity index (χ4n) is 9.99. The Hall–Kier alpha value is -2.66. The second kappa shape index (κ2) is 66.6. The lowest BCUT2D eigenvalue weighted by Gasteiger charge is -2.15. The molecule has 0 aromatic carbocycles. The summed E-state index contributed by atoms with van der Waals surface area (Å²) in [5.74, 6) is -0.573. The SMILES string of the molecule is CC/C=C\C/C=C\C/C=C\C/C=C\CCCCCCCCCCCCCCCCCCCCC(=O)OC(CO)COC(=O)CCCCCCCCCCCCCCCCCCCCC/C=C\C/C=C\CCCCCCC. The minimum absolute atomic E-state index is 0.0626. The number of esters is 2. The molecule has 0 aliphatic rings. The first-order chi connectivity index (χ1) is 37.6. The van der Waals surface area contributed by atoms with Crippen molar-refractivity contribution in [3.63, 3.8) is 0 Å². The molecule has 76 heavy (non-hydrogen) atoms. The van der Waals surface area contributed by atoms with Gasteiger partial charge in [-0.25, -0.2) is 0 Å². The molecule has 0 fully saturated rings. The van der Waals surface area contributed by atoms with Crippen LogP contribution >= 0.6 is 0 Å². The topological polar surface area (TPSA) is 72.8 Å². The summed E-state index contributed by atoms with van der Waals surface area (Å²) in [6.07, 6.45) is 92.1. The number of carbonyl (C=O) groups excluding carboxylic acids is 2. The molecule has 1 N–H and O–H groups in total. The predicted octanol–water partition coefficient (Wildman–Crippen LogP) is 23.1. The van der Waals surface area contributed by atoms with Gasteiger partial charge in [-0.05, 0) is 83.5 Å². The number of rotatable bonds is 62. The Morgan fingerprint density at radius 2 is 0.566 bits per heavy atom. The Kier molecular flexibility index (Phi) is 64.3. The van der Waals surface area contributed by atoms with Crippen molar-refractivity contribution in [2.24, 2.45) is 0 Å². The van der Waals surface area contributed by atoms with Gasteiger partial charge in [0, 0.05) is 12.8 Å². The van der Waals surface area contributed by atoms with Crippen LogP contribution in [0.3, 0.4) is 0 Å². The minimum Gasteiger partial charge on any atom is -0.462 e. The van der Waals surface area contributed by atoms with E-state index in [0.29, 0.717) is 12.8 Å². The summed E-state index contributed by atoms with van der Waals surface area (Å²) in [6.45, 7) is 4.06. The maximum Gasteiger partial charge on any atom is 0.306 e.